The molecular weight excluding hydrogens is 212 g/mol. The molecule has 0 aliphatic carbocycles. The van der Waals surface area contributed by atoms with Gasteiger partial charge in [-0.25, -0.2) is 0 Å². The Kier molecular flexibility index (Phi) is 6.23. The smallest absolute Gasteiger partial charge is 0.164 e. The van der Waals surface area contributed by atoms with Gasteiger partial charge in [0.15, 0.2) is 11.5 Å². The van der Waals surface area contributed by atoms with Crippen LogP contribution in [0.1, 0.15) is 38.2 Å². The maximum atomic E-state index is 9.76. The van der Waals surface area contributed by atoms with Crippen molar-refractivity contribution in [3.63, 3.8) is 0 Å². The van der Waals surface area contributed by atoms with Crippen LogP contribution < -0.4 is 4.74 Å². The van der Waals surface area contributed by atoms with Gasteiger partial charge >= 0.3 is 0 Å². The number of phenolic OH excluding ortho intramolecular Hbond substituents is 1. The number of aromatic hydroxyl groups is 1. The van der Waals surface area contributed by atoms with E-state index in [0.717, 1.165) is 18.4 Å². The van der Waals surface area contributed by atoms with E-state index in [2.05, 4.69) is 13.5 Å². The summed E-state index contributed by atoms with van der Waals surface area (Å²) in [7, 11) is 0. The third-order valence-electron chi connectivity index (χ3n) is 2.68. The topological polar surface area (TPSA) is 29.5 Å². The Morgan fingerprint density at radius 2 is 2.12 bits per heavy atom. The molecule has 0 aliphatic heterocycles. The van der Waals surface area contributed by atoms with Gasteiger partial charge in [-0.3, -0.25) is 0 Å². The summed E-state index contributed by atoms with van der Waals surface area (Å²) >= 11 is 0. The van der Waals surface area contributed by atoms with Gasteiger partial charge in [0.05, 0.1) is 6.61 Å². The number of phenols is 1. The van der Waals surface area contributed by atoms with Crippen LogP contribution in [-0.2, 0) is 6.42 Å². The van der Waals surface area contributed by atoms with Gasteiger partial charge in [0.2, 0.25) is 0 Å². The van der Waals surface area contributed by atoms with E-state index in [1.807, 2.05) is 18.2 Å². The van der Waals surface area contributed by atoms with E-state index < -0.39 is 0 Å². The molecule has 1 rings (SSSR count). The average molecular weight is 234 g/mol. The van der Waals surface area contributed by atoms with Gasteiger partial charge in [0.1, 0.15) is 0 Å². The Morgan fingerprint density at radius 3 is 2.82 bits per heavy atom. The quantitative estimate of drug-likeness (QED) is 0.542. The summed E-state index contributed by atoms with van der Waals surface area (Å²) in [6, 6.07) is 5.45. The molecule has 0 heterocycles. The van der Waals surface area contributed by atoms with E-state index >= 15 is 0 Å². The molecule has 0 saturated heterocycles. The molecule has 0 radical (unpaired) electrons. The second-order valence-electron chi connectivity index (χ2n) is 4.17. The number of hydrogen-bond acceptors (Lipinski definition) is 2. The summed E-state index contributed by atoms with van der Waals surface area (Å²) in [4.78, 5) is 0. The second-order valence-corrected chi connectivity index (χ2v) is 4.17. The highest BCUT2D eigenvalue weighted by Crippen LogP contribution is 2.30. The van der Waals surface area contributed by atoms with Crippen LogP contribution in [0.25, 0.3) is 0 Å². The average Bonchev–Trinajstić information content (AvgIpc) is 2.32. The van der Waals surface area contributed by atoms with Crippen molar-refractivity contribution in [3.05, 3.63) is 36.4 Å². The lowest BCUT2D eigenvalue weighted by Crippen LogP contribution is -2.00. The maximum Gasteiger partial charge on any atom is 0.164 e. The summed E-state index contributed by atoms with van der Waals surface area (Å²) in [5.41, 5.74) is 0.996. The normalized spacial score (nSPS) is 10.2. The van der Waals surface area contributed by atoms with E-state index in [1.165, 1.54) is 19.3 Å². The Hall–Kier alpha value is -1.44. The van der Waals surface area contributed by atoms with Crippen molar-refractivity contribution in [2.45, 2.75) is 39.0 Å². The molecule has 0 spiro atoms. The van der Waals surface area contributed by atoms with Crippen LogP contribution in [0, 0.1) is 0 Å². The van der Waals surface area contributed by atoms with Gasteiger partial charge in [-0.15, -0.1) is 6.58 Å². The summed E-state index contributed by atoms with van der Waals surface area (Å²) in [5.74, 6) is 0.837. The van der Waals surface area contributed by atoms with Gasteiger partial charge in [0.25, 0.3) is 0 Å². The lowest BCUT2D eigenvalue weighted by molar-refractivity contribution is 0.287. The fraction of sp³-hybridized carbons (Fsp3) is 0.467. The molecule has 0 bridgehead atoms. The molecule has 0 fully saturated rings. The fourth-order valence-electron chi connectivity index (χ4n) is 1.76. The van der Waals surface area contributed by atoms with Crippen molar-refractivity contribution in [2.24, 2.45) is 0 Å². The molecule has 2 nitrogen and oxygen atoms in total. The molecule has 1 N–H and O–H groups in total. The van der Waals surface area contributed by atoms with Crippen molar-refractivity contribution >= 4 is 0 Å². The van der Waals surface area contributed by atoms with Crippen LogP contribution in [-0.4, -0.2) is 11.7 Å². The van der Waals surface area contributed by atoms with Crippen LogP contribution in [0.15, 0.2) is 30.9 Å². The van der Waals surface area contributed by atoms with Crippen LogP contribution in [0.5, 0.6) is 11.5 Å². The predicted octanol–water partition coefficient (Wildman–Crippen LogP) is 4.08. The minimum atomic E-state index is 0.222. The first-order chi connectivity index (χ1) is 8.29. The molecule has 17 heavy (non-hydrogen) atoms. The molecule has 1 aromatic rings. The van der Waals surface area contributed by atoms with E-state index in [9.17, 15) is 5.11 Å². The van der Waals surface area contributed by atoms with E-state index in [4.69, 9.17) is 4.74 Å². The molecule has 2 heteroatoms. The number of hydrogen-bond donors (Lipinski definition) is 1. The molecule has 0 atom stereocenters. The summed E-state index contributed by atoms with van der Waals surface area (Å²) in [6.45, 7) is 6.57. The van der Waals surface area contributed by atoms with Crippen LogP contribution >= 0.6 is 0 Å². The molecule has 0 aromatic heterocycles. The van der Waals surface area contributed by atoms with Gasteiger partial charge < -0.3 is 9.84 Å². The zero-order chi connectivity index (χ0) is 12.5. The van der Waals surface area contributed by atoms with Crippen molar-refractivity contribution in [1.29, 1.82) is 0 Å². The molecule has 1 aromatic carbocycles. The highest BCUT2D eigenvalue weighted by molar-refractivity contribution is 5.46. The maximum absolute atomic E-state index is 9.76. The molecule has 0 unspecified atom stereocenters. The number of para-hydroxylation sites is 1. The molecule has 0 amide bonds. The molecular formula is C15H22O2. The molecule has 0 saturated carbocycles. The number of unbranched alkanes of at least 4 members (excludes halogenated alkanes) is 3. The summed E-state index contributed by atoms with van der Waals surface area (Å²) in [6.07, 6.45) is 7.22. The van der Waals surface area contributed by atoms with E-state index in [0.29, 0.717) is 12.4 Å². The number of benzene rings is 1. The van der Waals surface area contributed by atoms with Crippen LogP contribution in [0.3, 0.4) is 0 Å². The largest absolute Gasteiger partial charge is 0.504 e. The van der Waals surface area contributed by atoms with Crippen molar-refractivity contribution in [3.8, 4) is 11.5 Å². The van der Waals surface area contributed by atoms with E-state index in [-0.39, 0.29) is 5.75 Å². The minimum Gasteiger partial charge on any atom is -0.504 e. The first-order valence-electron chi connectivity index (χ1n) is 6.34. The van der Waals surface area contributed by atoms with Crippen LogP contribution in [0.2, 0.25) is 0 Å². The number of allylic oxidation sites excluding steroid dienone is 1. The Labute approximate surface area is 104 Å². The molecule has 0 aliphatic rings. The number of ether oxygens (including phenoxy) is 1. The lowest BCUT2D eigenvalue weighted by atomic mass is 10.1. The first-order valence-corrected chi connectivity index (χ1v) is 6.34. The first kappa shape index (κ1) is 13.6. The second kappa shape index (κ2) is 7.77. The highest BCUT2D eigenvalue weighted by atomic mass is 16.5. The Morgan fingerprint density at radius 1 is 1.29 bits per heavy atom. The minimum absolute atomic E-state index is 0.222. The fourth-order valence-corrected chi connectivity index (χ4v) is 1.76. The highest BCUT2D eigenvalue weighted by Gasteiger charge is 2.07. The van der Waals surface area contributed by atoms with Crippen molar-refractivity contribution in [1.82, 2.24) is 0 Å². The van der Waals surface area contributed by atoms with Crippen LogP contribution in [0.4, 0.5) is 0 Å². The monoisotopic (exact) mass is 234 g/mol. The number of rotatable bonds is 8. The van der Waals surface area contributed by atoms with Crippen molar-refractivity contribution < 1.29 is 9.84 Å². The van der Waals surface area contributed by atoms with Gasteiger partial charge in [-0.1, -0.05) is 44.4 Å². The zero-order valence-electron chi connectivity index (χ0n) is 10.6. The summed E-state index contributed by atoms with van der Waals surface area (Å²) < 4.78 is 5.67. The predicted molar refractivity (Wildman–Crippen MR) is 71.6 cm³/mol. The summed E-state index contributed by atoms with van der Waals surface area (Å²) in [5, 5.41) is 9.76. The zero-order valence-corrected chi connectivity index (χ0v) is 10.6. The third kappa shape index (κ3) is 4.51. The van der Waals surface area contributed by atoms with Gasteiger partial charge in [0, 0.05) is 5.56 Å². The van der Waals surface area contributed by atoms with E-state index in [1.54, 1.807) is 6.07 Å². The Balaban J connectivity index is 2.53. The molecule has 94 valence electrons. The SMILES string of the molecule is C=CCc1cccc(O)c1OCCCCCC. The Bertz CT molecular complexity index is 345. The van der Waals surface area contributed by atoms with Gasteiger partial charge in [-0.05, 0) is 18.9 Å². The lowest BCUT2D eigenvalue weighted by Gasteiger charge is -2.11. The third-order valence-corrected chi connectivity index (χ3v) is 2.68. The van der Waals surface area contributed by atoms with Gasteiger partial charge in [-0.2, -0.15) is 0 Å². The van der Waals surface area contributed by atoms with Crippen molar-refractivity contribution in [2.75, 3.05) is 6.61 Å². The standard InChI is InChI=1S/C15H22O2/c1-3-5-6-7-12-17-15-13(9-4-2)10-8-11-14(15)16/h4,8,10-11,16H,2-3,5-7,9,12H2,1H3.